The Balaban J connectivity index is 2.08. The van der Waals surface area contributed by atoms with Crippen molar-refractivity contribution in [2.45, 2.75) is 0 Å². The van der Waals surface area contributed by atoms with Gasteiger partial charge < -0.3 is 9.97 Å². The van der Waals surface area contributed by atoms with E-state index in [-0.39, 0.29) is 0 Å². The minimum Gasteiger partial charge on any atom is -0.359 e. The minimum absolute atomic E-state index is 1.16. The quantitative estimate of drug-likeness (QED) is 0.490. The number of fused-ring (bicyclic) bond motifs is 2. The standard InChI is InChI=1S/C16H12N2/c1-3-7-13-11(5-1)9-17-15(13)16-14-8-4-2-6-12(14)10-18-16/h1-10,17-18H. The number of H-pyrrole nitrogens is 2. The second-order valence-electron chi connectivity index (χ2n) is 4.50. The number of benzene rings is 2. The maximum atomic E-state index is 3.38. The molecule has 0 amide bonds. The predicted molar refractivity (Wildman–Crippen MR) is 75.6 cm³/mol. The van der Waals surface area contributed by atoms with E-state index in [1.165, 1.54) is 21.5 Å². The van der Waals surface area contributed by atoms with Crippen molar-refractivity contribution in [3.05, 3.63) is 60.9 Å². The van der Waals surface area contributed by atoms with Crippen molar-refractivity contribution in [2.75, 3.05) is 0 Å². The maximum absolute atomic E-state index is 3.38. The van der Waals surface area contributed by atoms with Gasteiger partial charge in [0.05, 0.1) is 11.4 Å². The molecule has 0 atom stereocenters. The lowest BCUT2D eigenvalue weighted by molar-refractivity contribution is 1.34. The summed E-state index contributed by atoms with van der Waals surface area (Å²) in [6.45, 7) is 0. The van der Waals surface area contributed by atoms with Crippen LogP contribution in [-0.4, -0.2) is 9.97 Å². The van der Waals surface area contributed by atoms with Crippen LogP contribution in [0.15, 0.2) is 60.9 Å². The molecule has 0 radical (unpaired) electrons. The molecule has 2 aromatic heterocycles. The normalized spacial score (nSPS) is 11.3. The smallest absolute Gasteiger partial charge is 0.0705 e. The molecule has 2 heteroatoms. The highest BCUT2D eigenvalue weighted by atomic mass is 14.8. The SMILES string of the molecule is c1ccc2c(-c3[nH]cc4ccccc34)[nH]cc2c1. The molecule has 2 N–H and O–H groups in total. The highest BCUT2D eigenvalue weighted by Gasteiger charge is 2.10. The van der Waals surface area contributed by atoms with E-state index in [1.54, 1.807) is 0 Å². The molecule has 0 fully saturated rings. The zero-order valence-electron chi connectivity index (χ0n) is 9.77. The van der Waals surface area contributed by atoms with Crippen molar-refractivity contribution in [2.24, 2.45) is 0 Å². The van der Waals surface area contributed by atoms with E-state index in [0.29, 0.717) is 0 Å². The molecular formula is C16H12N2. The topological polar surface area (TPSA) is 31.6 Å². The van der Waals surface area contributed by atoms with Gasteiger partial charge in [-0.1, -0.05) is 48.5 Å². The van der Waals surface area contributed by atoms with E-state index in [9.17, 15) is 0 Å². The van der Waals surface area contributed by atoms with Crippen LogP contribution in [0.4, 0.5) is 0 Å². The summed E-state index contributed by atoms with van der Waals surface area (Å²) >= 11 is 0. The fraction of sp³-hybridized carbons (Fsp3) is 0. The van der Waals surface area contributed by atoms with Crippen LogP contribution >= 0.6 is 0 Å². The van der Waals surface area contributed by atoms with Crippen molar-refractivity contribution in [3.8, 4) is 11.4 Å². The molecule has 0 spiro atoms. The molecule has 0 saturated carbocycles. The first kappa shape index (κ1) is 9.54. The molecular weight excluding hydrogens is 220 g/mol. The molecule has 2 aromatic carbocycles. The Kier molecular flexibility index (Phi) is 1.86. The van der Waals surface area contributed by atoms with E-state index in [1.807, 2.05) is 0 Å². The van der Waals surface area contributed by atoms with Crippen LogP contribution in [0, 0.1) is 0 Å². The number of aromatic nitrogens is 2. The van der Waals surface area contributed by atoms with Crippen LogP contribution in [0.1, 0.15) is 0 Å². The second kappa shape index (κ2) is 3.50. The highest BCUT2D eigenvalue weighted by molar-refractivity contribution is 6.03. The van der Waals surface area contributed by atoms with Gasteiger partial charge in [-0.05, 0) is 10.8 Å². The van der Waals surface area contributed by atoms with E-state index in [2.05, 4.69) is 70.9 Å². The number of aromatic amines is 2. The van der Waals surface area contributed by atoms with Crippen LogP contribution in [0.2, 0.25) is 0 Å². The molecule has 2 nitrogen and oxygen atoms in total. The summed E-state index contributed by atoms with van der Waals surface area (Å²) in [6, 6.07) is 16.8. The number of rotatable bonds is 1. The van der Waals surface area contributed by atoms with Gasteiger partial charge in [0, 0.05) is 23.2 Å². The Labute approximate surface area is 104 Å². The Bertz CT molecular complexity index is 764. The van der Waals surface area contributed by atoms with Crippen LogP contribution in [0.5, 0.6) is 0 Å². The van der Waals surface area contributed by atoms with Gasteiger partial charge in [0.1, 0.15) is 0 Å². The third-order valence-electron chi connectivity index (χ3n) is 3.45. The van der Waals surface area contributed by atoms with Crippen LogP contribution in [0.3, 0.4) is 0 Å². The third kappa shape index (κ3) is 1.23. The predicted octanol–water partition coefficient (Wildman–Crippen LogP) is 4.32. The average molecular weight is 232 g/mol. The number of hydrogen-bond donors (Lipinski definition) is 2. The summed E-state index contributed by atoms with van der Waals surface area (Å²) in [5.41, 5.74) is 2.32. The number of nitrogens with one attached hydrogen (secondary N) is 2. The van der Waals surface area contributed by atoms with Crippen molar-refractivity contribution < 1.29 is 0 Å². The molecule has 0 aliphatic rings. The Morgan fingerprint density at radius 2 is 1.00 bits per heavy atom. The van der Waals surface area contributed by atoms with Gasteiger partial charge in [0.15, 0.2) is 0 Å². The Morgan fingerprint density at radius 3 is 1.50 bits per heavy atom. The largest absolute Gasteiger partial charge is 0.359 e. The van der Waals surface area contributed by atoms with Gasteiger partial charge >= 0.3 is 0 Å². The van der Waals surface area contributed by atoms with Crippen molar-refractivity contribution >= 4 is 21.5 Å². The van der Waals surface area contributed by atoms with Crippen LogP contribution in [0.25, 0.3) is 32.9 Å². The average Bonchev–Trinajstić information content (AvgIpc) is 3.01. The summed E-state index contributed by atoms with van der Waals surface area (Å²) < 4.78 is 0. The fourth-order valence-electron chi connectivity index (χ4n) is 2.57. The lowest BCUT2D eigenvalue weighted by atomic mass is 10.1. The van der Waals surface area contributed by atoms with Gasteiger partial charge in [0.25, 0.3) is 0 Å². The Morgan fingerprint density at radius 1 is 0.556 bits per heavy atom. The summed E-state index contributed by atoms with van der Waals surface area (Å²) in [4.78, 5) is 6.75. The minimum atomic E-state index is 1.16. The molecule has 86 valence electrons. The summed E-state index contributed by atoms with van der Waals surface area (Å²) in [6.07, 6.45) is 4.11. The van der Waals surface area contributed by atoms with Gasteiger partial charge in [0.2, 0.25) is 0 Å². The molecule has 18 heavy (non-hydrogen) atoms. The van der Waals surface area contributed by atoms with Gasteiger partial charge in [-0.2, -0.15) is 0 Å². The van der Waals surface area contributed by atoms with Gasteiger partial charge in [-0.15, -0.1) is 0 Å². The van der Waals surface area contributed by atoms with Gasteiger partial charge in [-0.3, -0.25) is 0 Å². The molecule has 2 heterocycles. The lowest BCUT2D eigenvalue weighted by Crippen LogP contribution is -1.78. The molecule has 0 saturated heterocycles. The van der Waals surface area contributed by atoms with E-state index >= 15 is 0 Å². The van der Waals surface area contributed by atoms with Crippen molar-refractivity contribution in [1.29, 1.82) is 0 Å². The second-order valence-corrected chi connectivity index (χ2v) is 4.50. The van der Waals surface area contributed by atoms with E-state index < -0.39 is 0 Å². The van der Waals surface area contributed by atoms with Gasteiger partial charge in [-0.25, -0.2) is 0 Å². The summed E-state index contributed by atoms with van der Waals surface area (Å²) in [5, 5.41) is 4.99. The molecule has 0 aliphatic carbocycles. The first-order valence-corrected chi connectivity index (χ1v) is 6.06. The van der Waals surface area contributed by atoms with Crippen LogP contribution < -0.4 is 0 Å². The number of hydrogen-bond acceptors (Lipinski definition) is 0. The van der Waals surface area contributed by atoms with Crippen LogP contribution in [-0.2, 0) is 0 Å². The zero-order valence-corrected chi connectivity index (χ0v) is 9.77. The summed E-state index contributed by atoms with van der Waals surface area (Å²) in [7, 11) is 0. The first-order chi connectivity index (χ1) is 8.93. The molecule has 0 aliphatic heterocycles. The van der Waals surface area contributed by atoms with Crippen molar-refractivity contribution in [3.63, 3.8) is 0 Å². The lowest BCUT2D eigenvalue weighted by Gasteiger charge is -1.98. The maximum Gasteiger partial charge on any atom is 0.0705 e. The molecule has 4 aromatic rings. The third-order valence-corrected chi connectivity index (χ3v) is 3.45. The highest BCUT2D eigenvalue weighted by Crippen LogP contribution is 2.31. The Hall–Kier alpha value is -2.48. The van der Waals surface area contributed by atoms with E-state index in [0.717, 1.165) is 11.4 Å². The molecule has 4 rings (SSSR count). The molecule has 0 unspecified atom stereocenters. The zero-order chi connectivity index (χ0) is 11.9. The monoisotopic (exact) mass is 232 g/mol. The van der Waals surface area contributed by atoms with E-state index in [4.69, 9.17) is 0 Å². The summed E-state index contributed by atoms with van der Waals surface area (Å²) in [5.74, 6) is 0. The van der Waals surface area contributed by atoms with Crippen molar-refractivity contribution in [1.82, 2.24) is 9.97 Å². The first-order valence-electron chi connectivity index (χ1n) is 6.06. The fourth-order valence-corrected chi connectivity index (χ4v) is 2.57. The molecule has 0 bridgehead atoms.